The normalized spacial score (nSPS) is 17.3. The lowest BCUT2D eigenvalue weighted by molar-refractivity contribution is -0.116. The average molecular weight is 309 g/mol. The first kappa shape index (κ1) is 13.9. The Bertz CT molecular complexity index is 702. The van der Waals surface area contributed by atoms with E-state index in [1.165, 1.54) is 17.4 Å². The van der Waals surface area contributed by atoms with Gasteiger partial charge in [-0.25, -0.2) is 13.8 Å². The molecule has 4 nitrogen and oxygen atoms in total. The first-order valence-corrected chi connectivity index (χ1v) is 7.39. The lowest BCUT2D eigenvalue weighted by Crippen LogP contribution is -2.22. The molecule has 1 amide bonds. The minimum Gasteiger partial charge on any atom is -0.362 e. The second-order valence-electron chi connectivity index (χ2n) is 4.74. The monoisotopic (exact) mass is 309 g/mol. The van der Waals surface area contributed by atoms with Gasteiger partial charge in [0, 0.05) is 18.9 Å². The summed E-state index contributed by atoms with van der Waals surface area (Å²) >= 11 is 1.42. The Kier molecular flexibility index (Phi) is 3.59. The Hall–Kier alpha value is -2.02. The van der Waals surface area contributed by atoms with Crippen LogP contribution in [0, 0.1) is 11.6 Å². The number of rotatable bonds is 3. The number of carbonyl (C=O) groups is 1. The van der Waals surface area contributed by atoms with Crippen molar-refractivity contribution < 1.29 is 13.6 Å². The van der Waals surface area contributed by atoms with E-state index in [1.54, 1.807) is 0 Å². The standard InChI is InChI=1S/C14H13F2N3OS/c1-2-17-14-19-13-12(21-14)8(6-11(20)18-13)7-3-4-9(15)10(16)5-7/h3-5,8H,2,6H2,1H3,(H,17,19)(H,18,20)/t8-/m0/s1. The van der Waals surface area contributed by atoms with Crippen LogP contribution >= 0.6 is 11.3 Å². The van der Waals surface area contributed by atoms with Gasteiger partial charge in [0.25, 0.3) is 0 Å². The molecule has 1 aliphatic heterocycles. The van der Waals surface area contributed by atoms with Crippen molar-refractivity contribution >= 4 is 28.2 Å². The highest BCUT2D eigenvalue weighted by Crippen LogP contribution is 2.42. The first-order chi connectivity index (χ1) is 10.1. The fourth-order valence-electron chi connectivity index (χ4n) is 2.34. The average Bonchev–Trinajstić information content (AvgIpc) is 2.83. The van der Waals surface area contributed by atoms with Crippen molar-refractivity contribution in [2.45, 2.75) is 19.3 Å². The molecule has 1 aromatic carbocycles. The van der Waals surface area contributed by atoms with Crippen molar-refractivity contribution in [3.8, 4) is 0 Å². The molecule has 1 aliphatic rings. The van der Waals surface area contributed by atoms with Crippen LogP contribution in [0.1, 0.15) is 29.7 Å². The van der Waals surface area contributed by atoms with E-state index in [0.717, 1.165) is 23.6 Å². The molecule has 3 rings (SSSR count). The van der Waals surface area contributed by atoms with Gasteiger partial charge in [-0.3, -0.25) is 4.79 Å². The SMILES string of the molecule is CCNc1nc2c(s1)[C@H](c1ccc(F)c(F)c1)CC(=O)N2. The van der Waals surface area contributed by atoms with Crippen LogP contribution in [0.2, 0.25) is 0 Å². The fraction of sp³-hybridized carbons (Fsp3) is 0.286. The summed E-state index contributed by atoms with van der Waals surface area (Å²) in [5.41, 5.74) is 0.580. The van der Waals surface area contributed by atoms with E-state index < -0.39 is 11.6 Å². The van der Waals surface area contributed by atoms with Crippen LogP contribution in [0.3, 0.4) is 0 Å². The molecule has 0 fully saturated rings. The van der Waals surface area contributed by atoms with Gasteiger partial charge in [0.05, 0.1) is 4.88 Å². The lowest BCUT2D eigenvalue weighted by atomic mass is 9.91. The predicted molar refractivity (Wildman–Crippen MR) is 77.7 cm³/mol. The largest absolute Gasteiger partial charge is 0.362 e. The number of hydrogen-bond donors (Lipinski definition) is 2. The number of nitrogens with one attached hydrogen (secondary N) is 2. The topological polar surface area (TPSA) is 54.0 Å². The molecule has 0 spiro atoms. The van der Waals surface area contributed by atoms with Crippen molar-refractivity contribution in [1.29, 1.82) is 0 Å². The van der Waals surface area contributed by atoms with Gasteiger partial charge in [0.1, 0.15) is 5.82 Å². The molecule has 21 heavy (non-hydrogen) atoms. The minimum atomic E-state index is -0.906. The van der Waals surface area contributed by atoms with E-state index in [-0.39, 0.29) is 18.2 Å². The molecule has 1 aromatic heterocycles. The third kappa shape index (κ3) is 2.61. The minimum absolute atomic E-state index is 0.175. The Morgan fingerprint density at radius 1 is 1.43 bits per heavy atom. The molecule has 0 saturated heterocycles. The molecule has 2 heterocycles. The van der Waals surface area contributed by atoms with Crippen molar-refractivity contribution in [2.75, 3.05) is 17.2 Å². The number of nitrogens with zero attached hydrogens (tertiary/aromatic N) is 1. The number of benzene rings is 1. The molecule has 0 radical (unpaired) electrons. The number of hydrogen-bond acceptors (Lipinski definition) is 4. The third-order valence-electron chi connectivity index (χ3n) is 3.29. The first-order valence-electron chi connectivity index (χ1n) is 6.58. The van der Waals surface area contributed by atoms with E-state index in [9.17, 15) is 13.6 Å². The molecule has 2 aromatic rings. The highest BCUT2D eigenvalue weighted by Gasteiger charge is 2.30. The van der Waals surface area contributed by atoms with Gasteiger partial charge in [-0.15, -0.1) is 0 Å². The van der Waals surface area contributed by atoms with Gasteiger partial charge < -0.3 is 10.6 Å². The molecule has 110 valence electrons. The van der Waals surface area contributed by atoms with Crippen LogP contribution in [0.15, 0.2) is 18.2 Å². The maximum atomic E-state index is 13.4. The summed E-state index contributed by atoms with van der Waals surface area (Å²) in [7, 11) is 0. The maximum absolute atomic E-state index is 13.4. The highest BCUT2D eigenvalue weighted by atomic mass is 32.1. The molecule has 1 atom stereocenters. The third-order valence-corrected chi connectivity index (χ3v) is 4.42. The summed E-state index contributed by atoms with van der Waals surface area (Å²) in [5, 5.41) is 6.52. The molecule has 0 aliphatic carbocycles. The van der Waals surface area contributed by atoms with E-state index in [4.69, 9.17) is 0 Å². The van der Waals surface area contributed by atoms with Crippen LogP contribution in [-0.4, -0.2) is 17.4 Å². The number of fused-ring (bicyclic) bond motifs is 1. The summed E-state index contributed by atoms with van der Waals surface area (Å²) in [5.74, 6) is -1.77. The van der Waals surface area contributed by atoms with Gasteiger partial charge in [-0.2, -0.15) is 0 Å². The summed E-state index contributed by atoms with van der Waals surface area (Å²) in [4.78, 5) is 17.0. The molecular weight excluding hydrogens is 296 g/mol. The smallest absolute Gasteiger partial charge is 0.226 e. The number of amides is 1. The van der Waals surface area contributed by atoms with Crippen molar-refractivity contribution in [2.24, 2.45) is 0 Å². The summed E-state index contributed by atoms with van der Waals surface area (Å²) in [6.45, 7) is 2.67. The van der Waals surface area contributed by atoms with Gasteiger partial charge in [-0.1, -0.05) is 17.4 Å². The van der Waals surface area contributed by atoms with Gasteiger partial charge >= 0.3 is 0 Å². The van der Waals surface area contributed by atoms with Crippen LogP contribution in [0.4, 0.5) is 19.7 Å². The van der Waals surface area contributed by atoms with Crippen LogP contribution in [0.5, 0.6) is 0 Å². The van der Waals surface area contributed by atoms with E-state index >= 15 is 0 Å². The predicted octanol–water partition coefficient (Wildman–Crippen LogP) is 3.33. The fourth-order valence-corrected chi connectivity index (χ4v) is 3.46. The Morgan fingerprint density at radius 3 is 2.95 bits per heavy atom. The Labute approximate surface area is 124 Å². The second-order valence-corrected chi connectivity index (χ2v) is 5.77. The van der Waals surface area contributed by atoms with Gasteiger partial charge in [0.2, 0.25) is 5.91 Å². The van der Waals surface area contributed by atoms with Crippen molar-refractivity contribution in [3.05, 3.63) is 40.3 Å². The maximum Gasteiger partial charge on any atom is 0.226 e. The molecule has 7 heteroatoms. The zero-order valence-electron chi connectivity index (χ0n) is 11.2. The zero-order chi connectivity index (χ0) is 15.0. The number of carbonyl (C=O) groups excluding carboxylic acids is 1. The molecular formula is C14H13F2N3OS. The van der Waals surface area contributed by atoms with Crippen molar-refractivity contribution in [1.82, 2.24) is 4.98 Å². The zero-order valence-corrected chi connectivity index (χ0v) is 12.1. The van der Waals surface area contributed by atoms with E-state index in [1.807, 2.05) is 6.92 Å². The molecule has 0 unspecified atom stereocenters. The van der Waals surface area contributed by atoms with E-state index in [2.05, 4.69) is 15.6 Å². The summed E-state index contributed by atoms with van der Waals surface area (Å²) < 4.78 is 26.5. The molecule has 0 saturated carbocycles. The summed E-state index contributed by atoms with van der Waals surface area (Å²) in [6.07, 6.45) is 0.200. The van der Waals surface area contributed by atoms with Crippen LogP contribution in [0.25, 0.3) is 0 Å². The van der Waals surface area contributed by atoms with E-state index in [0.29, 0.717) is 16.5 Å². The quantitative estimate of drug-likeness (QED) is 0.914. The number of aromatic nitrogens is 1. The number of thiazole rings is 1. The number of halogens is 2. The number of anilines is 2. The lowest BCUT2D eigenvalue weighted by Gasteiger charge is -2.21. The summed E-state index contributed by atoms with van der Waals surface area (Å²) in [6, 6.07) is 3.75. The molecule has 0 bridgehead atoms. The van der Waals surface area contributed by atoms with Gasteiger partial charge in [-0.05, 0) is 24.6 Å². The Balaban J connectivity index is 2.03. The molecule has 2 N–H and O–H groups in total. The second kappa shape index (κ2) is 5.40. The van der Waals surface area contributed by atoms with Crippen LogP contribution in [-0.2, 0) is 4.79 Å². The van der Waals surface area contributed by atoms with Crippen LogP contribution < -0.4 is 10.6 Å². The highest BCUT2D eigenvalue weighted by molar-refractivity contribution is 7.16. The van der Waals surface area contributed by atoms with Crippen molar-refractivity contribution in [3.63, 3.8) is 0 Å². The Morgan fingerprint density at radius 2 is 2.24 bits per heavy atom. The van der Waals surface area contributed by atoms with Gasteiger partial charge in [0.15, 0.2) is 16.8 Å².